The van der Waals surface area contributed by atoms with Crippen molar-refractivity contribution in [1.82, 2.24) is 5.32 Å². The summed E-state index contributed by atoms with van der Waals surface area (Å²) in [5.74, 6) is -0.220. The molecule has 2 rings (SSSR count). The van der Waals surface area contributed by atoms with Gasteiger partial charge in [-0.3, -0.25) is 9.59 Å². The first kappa shape index (κ1) is 12.9. The van der Waals surface area contributed by atoms with Crippen LogP contribution >= 0.6 is 11.3 Å². The summed E-state index contributed by atoms with van der Waals surface area (Å²) in [6.07, 6.45) is 2.47. The number of carbonyl (C=O) groups excluding carboxylic acids is 2. The topological polar surface area (TPSA) is 81.4 Å². The van der Waals surface area contributed by atoms with E-state index in [0.29, 0.717) is 10.6 Å². The molecule has 0 aliphatic heterocycles. The van der Waals surface area contributed by atoms with Gasteiger partial charge in [-0.05, 0) is 24.3 Å². The molecule has 0 saturated heterocycles. The Balaban J connectivity index is 2.05. The fraction of sp³-hybridized carbons (Fsp3) is 0.500. The van der Waals surface area contributed by atoms with E-state index in [1.807, 2.05) is 0 Å². The number of amides is 2. The van der Waals surface area contributed by atoms with Gasteiger partial charge in [0.2, 0.25) is 5.91 Å². The van der Waals surface area contributed by atoms with E-state index in [1.54, 1.807) is 11.4 Å². The molecule has 0 radical (unpaired) electrons. The maximum Gasteiger partial charge on any atom is 0.265 e. The van der Waals surface area contributed by atoms with Gasteiger partial charge in [-0.1, -0.05) is 6.42 Å². The number of methoxy groups -OCH3 is 1. The smallest absolute Gasteiger partial charge is 0.265 e. The normalized spacial score (nSPS) is 22.7. The first-order valence-corrected chi connectivity index (χ1v) is 6.73. The summed E-state index contributed by atoms with van der Waals surface area (Å²) in [6.45, 7) is 0. The molecule has 0 spiro atoms. The van der Waals surface area contributed by atoms with Crippen molar-refractivity contribution in [3.8, 4) is 5.75 Å². The van der Waals surface area contributed by atoms with Crippen LogP contribution in [0.25, 0.3) is 0 Å². The molecule has 1 aliphatic carbocycles. The standard InChI is InChI=1S/C12H16N2O3S/c1-17-9-5-6-18-10(9)12(16)14-8-4-2-3-7(8)11(13)15/h5-8H,2-4H2,1H3,(H2,13,15)(H,14,16). The highest BCUT2D eigenvalue weighted by molar-refractivity contribution is 7.12. The third kappa shape index (κ3) is 2.48. The number of thiophene rings is 1. The van der Waals surface area contributed by atoms with Crippen molar-refractivity contribution in [2.24, 2.45) is 11.7 Å². The second kappa shape index (κ2) is 5.39. The van der Waals surface area contributed by atoms with Gasteiger partial charge in [0.1, 0.15) is 10.6 Å². The highest BCUT2D eigenvalue weighted by atomic mass is 32.1. The van der Waals surface area contributed by atoms with Gasteiger partial charge in [0.15, 0.2) is 0 Å². The molecule has 1 aromatic heterocycles. The van der Waals surface area contributed by atoms with E-state index < -0.39 is 0 Å². The Morgan fingerprint density at radius 1 is 1.50 bits per heavy atom. The summed E-state index contributed by atoms with van der Waals surface area (Å²) >= 11 is 1.32. The van der Waals surface area contributed by atoms with E-state index in [1.165, 1.54) is 18.4 Å². The highest BCUT2D eigenvalue weighted by Crippen LogP contribution is 2.28. The van der Waals surface area contributed by atoms with Crippen molar-refractivity contribution in [3.63, 3.8) is 0 Å². The maximum atomic E-state index is 12.1. The van der Waals surface area contributed by atoms with E-state index in [0.717, 1.165) is 19.3 Å². The van der Waals surface area contributed by atoms with Crippen LogP contribution in [0.15, 0.2) is 11.4 Å². The van der Waals surface area contributed by atoms with Crippen molar-refractivity contribution < 1.29 is 14.3 Å². The number of rotatable bonds is 4. The zero-order chi connectivity index (χ0) is 13.1. The molecular formula is C12H16N2O3S. The van der Waals surface area contributed by atoms with Crippen LogP contribution < -0.4 is 15.8 Å². The average molecular weight is 268 g/mol. The molecular weight excluding hydrogens is 252 g/mol. The van der Waals surface area contributed by atoms with Crippen molar-refractivity contribution in [1.29, 1.82) is 0 Å². The fourth-order valence-electron chi connectivity index (χ4n) is 2.33. The Kier molecular flexibility index (Phi) is 3.86. The number of primary amides is 1. The third-order valence-corrected chi connectivity index (χ3v) is 4.15. The highest BCUT2D eigenvalue weighted by Gasteiger charge is 2.33. The van der Waals surface area contributed by atoms with Crippen LogP contribution in [0.4, 0.5) is 0 Å². The minimum atomic E-state index is -0.337. The summed E-state index contributed by atoms with van der Waals surface area (Å²) in [5, 5.41) is 4.68. The molecule has 1 aromatic rings. The number of hydrogen-bond donors (Lipinski definition) is 2. The van der Waals surface area contributed by atoms with Gasteiger partial charge in [0.25, 0.3) is 5.91 Å². The molecule has 6 heteroatoms. The zero-order valence-corrected chi connectivity index (χ0v) is 11.0. The van der Waals surface area contributed by atoms with Crippen molar-refractivity contribution >= 4 is 23.2 Å². The predicted octanol–water partition coefficient (Wildman–Crippen LogP) is 1.14. The number of hydrogen-bond acceptors (Lipinski definition) is 4. The van der Waals surface area contributed by atoms with E-state index >= 15 is 0 Å². The lowest BCUT2D eigenvalue weighted by molar-refractivity contribution is -0.122. The Morgan fingerprint density at radius 3 is 2.94 bits per heavy atom. The molecule has 5 nitrogen and oxygen atoms in total. The van der Waals surface area contributed by atoms with Crippen molar-refractivity contribution in [3.05, 3.63) is 16.3 Å². The largest absolute Gasteiger partial charge is 0.495 e. The molecule has 1 fully saturated rings. The van der Waals surface area contributed by atoms with Gasteiger partial charge < -0.3 is 15.8 Å². The number of ether oxygens (including phenoxy) is 1. The second-order valence-electron chi connectivity index (χ2n) is 4.34. The van der Waals surface area contributed by atoms with Crippen molar-refractivity contribution in [2.75, 3.05) is 7.11 Å². The predicted molar refractivity (Wildman–Crippen MR) is 68.7 cm³/mol. The molecule has 2 amide bonds. The summed E-state index contributed by atoms with van der Waals surface area (Å²) in [4.78, 5) is 23.9. The van der Waals surface area contributed by atoms with Gasteiger partial charge in [-0.2, -0.15) is 0 Å². The Bertz CT molecular complexity index is 458. The van der Waals surface area contributed by atoms with Gasteiger partial charge in [0.05, 0.1) is 13.0 Å². The van der Waals surface area contributed by atoms with E-state index in [4.69, 9.17) is 10.5 Å². The Labute approximate surface area is 109 Å². The molecule has 0 bridgehead atoms. The number of nitrogens with two attached hydrogens (primary N) is 1. The monoisotopic (exact) mass is 268 g/mol. The molecule has 3 N–H and O–H groups in total. The summed E-state index contributed by atoms with van der Waals surface area (Å²) in [5.41, 5.74) is 5.33. The van der Waals surface area contributed by atoms with Gasteiger partial charge in [0, 0.05) is 6.04 Å². The van der Waals surface area contributed by atoms with E-state index in [-0.39, 0.29) is 23.8 Å². The van der Waals surface area contributed by atoms with E-state index in [9.17, 15) is 9.59 Å². The summed E-state index contributed by atoms with van der Waals surface area (Å²) in [7, 11) is 1.53. The molecule has 0 aromatic carbocycles. The van der Waals surface area contributed by atoms with Crippen LogP contribution in [0.2, 0.25) is 0 Å². The Hall–Kier alpha value is -1.56. The molecule has 1 heterocycles. The van der Waals surface area contributed by atoms with Crippen LogP contribution in [0.5, 0.6) is 5.75 Å². The SMILES string of the molecule is COc1ccsc1C(=O)NC1CCCC1C(N)=O. The van der Waals surface area contributed by atoms with Gasteiger partial charge in [-0.25, -0.2) is 0 Å². The van der Waals surface area contributed by atoms with Crippen LogP contribution in [0.3, 0.4) is 0 Å². The first-order chi connectivity index (χ1) is 8.63. The maximum absolute atomic E-state index is 12.1. The first-order valence-electron chi connectivity index (χ1n) is 5.85. The Morgan fingerprint density at radius 2 is 2.28 bits per heavy atom. The van der Waals surface area contributed by atoms with Crippen LogP contribution in [0.1, 0.15) is 28.9 Å². The number of nitrogens with one attached hydrogen (secondary N) is 1. The van der Waals surface area contributed by atoms with Gasteiger partial charge in [-0.15, -0.1) is 11.3 Å². The lowest BCUT2D eigenvalue weighted by Crippen LogP contribution is -2.42. The summed E-state index contributed by atoms with van der Waals surface area (Å²) < 4.78 is 5.10. The molecule has 2 atom stereocenters. The van der Waals surface area contributed by atoms with Crippen LogP contribution in [-0.2, 0) is 4.79 Å². The molecule has 1 aliphatic rings. The minimum absolute atomic E-state index is 0.151. The molecule has 1 saturated carbocycles. The number of carbonyl (C=O) groups is 2. The van der Waals surface area contributed by atoms with Crippen LogP contribution in [-0.4, -0.2) is 25.0 Å². The van der Waals surface area contributed by atoms with Crippen LogP contribution in [0, 0.1) is 5.92 Å². The van der Waals surface area contributed by atoms with Crippen molar-refractivity contribution in [2.45, 2.75) is 25.3 Å². The zero-order valence-electron chi connectivity index (χ0n) is 10.1. The summed E-state index contributed by atoms with van der Waals surface area (Å²) in [6, 6.07) is 1.60. The van der Waals surface area contributed by atoms with E-state index in [2.05, 4.69) is 5.32 Å². The lowest BCUT2D eigenvalue weighted by atomic mass is 10.0. The minimum Gasteiger partial charge on any atom is -0.495 e. The second-order valence-corrected chi connectivity index (χ2v) is 5.25. The lowest BCUT2D eigenvalue weighted by Gasteiger charge is -2.18. The molecule has 98 valence electrons. The molecule has 2 unspecified atom stereocenters. The third-order valence-electron chi connectivity index (χ3n) is 3.25. The average Bonchev–Trinajstić information content (AvgIpc) is 2.96. The fourth-order valence-corrected chi connectivity index (χ4v) is 3.09. The quantitative estimate of drug-likeness (QED) is 0.859. The van der Waals surface area contributed by atoms with Gasteiger partial charge >= 0.3 is 0 Å². The molecule has 18 heavy (non-hydrogen) atoms.